The van der Waals surface area contributed by atoms with Gasteiger partial charge in [0.05, 0.1) is 11.6 Å². The Morgan fingerprint density at radius 3 is 2.65 bits per heavy atom. The Kier molecular flexibility index (Phi) is 2.41. The second-order valence-corrected chi connectivity index (χ2v) is 5.42. The minimum Gasteiger partial charge on any atom is -0.298 e. The molecule has 1 saturated heterocycles. The predicted octanol–water partition coefficient (Wildman–Crippen LogP) is 2.68. The van der Waals surface area contributed by atoms with Gasteiger partial charge in [-0.1, -0.05) is 12.5 Å². The lowest BCUT2D eigenvalue weighted by Crippen LogP contribution is -2.59. The van der Waals surface area contributed by atoms with E-state index in [2.05, 4.69) is 4.90 Å². The van der Waals surface area contributed by atoms with E-state index in [9.17, 15) is 4.39 Å². The molecule has 1 aliphatic carbocycles. The number of nitrogens with zero attached hydrogens (tertiary/aromatic N) is 2. The summed E-state index contributed by atoms with van der Waals surface area (Å²) >= 11 is 0. The summed E-state index contributed by atoms with van der Waals surface area (Å²) in [7, 11) is 0. The van der Waals surface area contributed by atoms with Gasteiger partial charge in [-0.05, 0) is 30.4 Å². The Morgan fingerprint density at radius 2 is 2.12 bits per heavy atom. The summed E-state index contributed by atoms with van der Waals surface area (Å²) in [4.78, 5) is 2.30. The van der Waals surface area contributed by atoms with Gasteiger partial charge >= 0.3 is 0 Å². The predicted molar refractivity (Wildman–Crippen MR) is 62.7 cm³/mol. The van der Waals surface area contributed by atoms with Gasteiger partial charge in [-0.15, -0.1) is 0 Å². The van der Waals surface area contributed by atoms with Crippen LogP contribution in [0.15, 0.2) is 18.2 Å². The highest BCUT2D eigenvalue weighted by Gasteiger charge is 2.46. The van der Waals surface area contributed by atoms with Crippen LogP contribution in [0, 0.1) is 22.6 Å². The summed E-state index contributed by atoms with van der Waals surface area (Å²) in [5.41, 5.74) is 1.69. The average molecular weight is 230 g/mol. The van der Waals surface area contributed by atoms with E-state index in [1.165, 1.54) is 25.3 Å². The van der Waals surface area contributed by atoms with Crippen LogP contribution in [0.1, 0.15) is 30.4 Å². The number of rotatable bonds is 2. The van der Waals surface area contributed by atoms with Crippen molar-refractivity contribution < 1.29 is 4.39 Å². The maximum absolute atomic E-state index is 13.7. The number of likely N-dealkylation sites (tertiary alicyclic amines) is 1. The molecular weight excluding hydrogens is 215 g/mol. The highest BCUT2D eigenvalue weighted by Crippen LogP contribution is 2.48. The van der Waals surface area contributed by atoms with Crippen molar-refractivity contribution in [2.75, 3.05) is 13.1 Å². The molecular formula is C14H15FN2. The molecule has 0 amide bonds. The van der Waals surface area contributed by atoms with Crippen LogP contribution < -0.4 is 0 Å². The first-order chi connectivity index (χ1) is 8.21. The van der Waals surface area contributed by atoms with Crippen molar-refractivity contribution in [2.45, 2.75) is 25.8 Å². The Morgan fingerprint density at radius 1 is 1.35 bits per heavy atom. The SMILES string of the molecule is N#Cc1ccc(CN2CC3(CCC3)C2)c(F)c1. The smallest absolute Gasteiger partial charge is 0.129 e. The zero-order valence-corrected chi connectivity index (χ0v) is 9.75. The Balaban J connectivity index is 1.64. The van der Waals surface area contributed by atoms with Gasteiger partial charge in [-0.2, -0.15) is 5.26 Å². The summed E-state index contributed by atoms with van der Waals surface area (Å²) in [6.45, 7) is 2.91. The van der Waals surface area contributed by atoms with E-state index in [1.807, 2.05) is 6.07 Å². The van der Waals surface area contributed by atoms with Gasteiger partial charge in [-0.3, -0.25) is 4.90 Å². The first-order valence-corrected chi connectivity index (χ1v) is 6.12. The molecule has 0 radical (unpaired) electrons. The van der Waals surface area contributed by atoms with Gasteiger partial charge in [0.2, 0.25) is 0 Å². The van der Waals surface area contributed by atoms with Crippen molar-refractivity contribution in [2.24, 2.45) is 5.41 Å². The van der Waals surface area contributed by atoms with Crippen LogP contribution in [-0.2, 0) is 6.54 Å². The highest BCUT2D eigenvalue weighted by molar-refractivity contribution is 5.33. The van der Waals surface area contributed by atoms with Gasteiger partial charge in [0.25, 0.3) is 0 Å². The molecule has 2 aliphatic rings. The average Bonchev–Trinajstić information content (AvgIpc) is 2.22. The Bertz CT molecular complexity index is 477. The van der Waals surface area contributed by atoms with Crippen LogP contribution in [0.5, 0.6) is 0 Å². The fraction of sp³-hybridized carbons (Fsp3) is 0.500. The molecule has 1 aliphatic heterocycles. The van der Waals surface area contributed by atoms with Crippen LogP contribution in [0.3, 0.4) is 0 Å². The summed E-state index contributed by atoms with van der Waals surface area (Å²) in [6.07, 6.45) is 4.05. The lowest BCUT2D eigenvalue weighted by atomic mass is 9.63. The zero-order valence-electron chi connectivity index (χ0n) is 9.75. The first kappa shape index (κ1) is 10.7. The lowest BCUT2D eigenvalue weighted by Gasteiger charge is -2.56. The second kappa shape index (κ2) is 3.82. The van der Waals surface area contributed by atoms with Gasteiger partial charge in [-0.25, -0.2) is 4.39 Å². The molecule has 17 heavy (non-hydrogen) atoms. The third-order valence-corrected chi connectivity index (χ3v) is 4.11. The van der Waals surface area contributed by atoms with E-state index < -0.39 is 0 Å². The molecule has 0 aromatic heterocycles. The molecule has 1 aromatic rings. The Hall–Kier alpha value is -1.40. The van der Waals surface area contributed by atoms with Crippen molar-refractivity contribution in [3.8, 4) is 6.07 Å². The van der Waals surface area contributed by atoms with Crippen LogP contribution in [-0.4, -0.2) is 18.0 Å². The molecule has 2 fully saturated rings. The van der Waals surface area contributed by atoms with E-state index in [-0.39, 0.29) is 5.82 Å². The van der Waals surface area contributed by atoms with Crippen LogP contribution >= 0.6 is 0 Å². The van der Waals surface area contributed by atoms with Crippen molar-refractivity contribution >= 4 is 0 Å². The quantitative estimate of drug-likeness (QED) is 0.781. The van der Waals surface area contributed by atoms with E-state index >= 15 is 0 Å². The monoisotopic (exact) mass is 230 g/mol. The fourth-order valence-corrected chi connectivity index (χ4v) is 2.99. The summed E-state index contributed by atoms with van der Waals surface area (Å²) in [5.74, 6) is -0.251. The minimum absolute atomic E-state index is 0.251. The van der Waals surface area contributed by atoms with Gasteiger partial charge in [0.1, 0.15) is 5.82 Å². The maximum atomic E-state index is 13.7. The number of benzene rings is 1. The minimum atomic E-state index is -0.251. The van der Waals surface area contributed by atoms with Crippen molar-refractivity contribution in [1.82, 2.24) is 4.90 Å². The lowest BCUT2D eigenvalue weighted by molar-refractivity contribution is -0.0649. The van der Waals surface area contributed by atoms with E-state index in [4.69, 9.17) is 5.26 Å². The summed E-state index contributed by atoms with van der Waals surface area (Å²) in [5, 5.41) is 8.67. The van der Waals surface area contributed by atoms with Crippen molar-refractivity contribution in [1.29, 1.82) is 5.26 Å². The van der Waals surface area contributed by atoms with Crippen molar-refractivity contribution in [3.63, 3.8) is 0 Å². The van der Waals surface area contributed by atoms with Gasteiger partial charge in [0, 0.05) is 25.2 Å². The van der Waals surface area contributed by atoms with Crippen LogP contribution in [0.25, 0.3) is 0 Å². The largest absolute Gasteiger partial charge is 0.298 e. The highest BCUT2D eigenvalue weighted by atomic mass is 19.1. The van der Waals surface area contributed by atoms with Crippen LogP contribution in [0.2, 0.25) is 0 Å². The standard InChI is InChI=1S/C14H15FN2/c15-13-6-11(7-16)2-3-12(13)8-17-9-14(10-17)4-1-5-14/h2-3,6H,1,4-5,8-10H2. The molecule has 0 unspecified atom stereocenters. The van der Waals surface area contributed by atoms with E-state index in [0.29, 0.717) is 23.1 Å². The molecule has 0 N–H and O–H groups in total. The topological polar surface area (TPSA) is 27.0 Å². The first-order valence-electron chi connectivity index (χ1n) is 6.12. The third kappa shape index (κ3) is 1.83. The molecule has 3 rings (SSSR count). The molecule has 2 nitrogen and oxygen atoms in total. The molecule has 1 saturated carbocycles. The maximum Gasteiger partial charge on any atom is 0.129 e. The third-order valence-electron chi connectivity index (χ3n) is 4.11. The molecule has 0 atom stereocenters. The van der Waals surface area contributed by atoms with E-state index in [0.717, 1.165) is 13.1 Å². The van der Waals surface area contributed by atoms with E-state index in [1.54, 1.807) is 12.1 Å². The van der Waals surface area contributed by atoms with Gasteiger partial charge in [0.15, 0.2) is 0 Å². The number of nitriles is 1. The molecule has 88 valence electrons. The molecule has 1 aromatic carbocycles. The second-order valence-electron chi connectivity index (χ2n) is 5.42. The molecule has 0 bridgehead atoms. The van der Waals surface area contributed by atoms with Gasteiger partial charge < -0.3 is 0 Å². The normalized spacial score (nSPS) is 21.6. The number of halogens is 1. The zero-order chi connectivity index (χ0) is 11.9. The number of hydrogen-bond donors (Lipinski definition) is 0. The van der Waals surface area contributed by atoms with Crippen LogP contribution in [0.4, 0.5) is 4.39 Å². The molecule has 3 heteroatoms. The summed E-state index contributed by atoms with van der Waals surface area (Å²) in [6, 6.07) is 6.71. The van der Waals surface area contributed by atoms with Crippen molar-refractivity contribution in [3.05, 3.63) is 35.1 Å². The molecule has 1 heterocycles. The number of hydrogen-bond acceptors (Lipinski definition) is 2. The molecule has 1 spiro atoms. The Labute approximate surface area is 101 Å². The fourth-order valence-electron chi connectivity index (χ4n) is 2.99. The summed E-state index contributed by atoms with van der Waals surface area (Å²) < 4.78 is 13.7.